The molecule has 4 atom stereocenters. The van der Waals surface area contributed by atoms with Gasteiger partial charge in [0.25, 0.3) is 0 Å². The van der Waals surface area contributed by atoms with Gasteiger partial charge in [0.05, 0.1) is 6.61 Å². The molecule has 0 spiro atoms. The number of Topliss-reactive ketones (excluding diaryl/α,β-unsaturated/α-hetero) is 1. The summed E-state index contributed by atoms with van der Waals surface area (Å²) in [6.45, 7) is 10.9. The van der Waals surface area contributed by atoms with E-state index in [1.54, 1.807) is 45.9 Å². The first-order valence-corrected chi connectivity index (χ1v) is 8.74. The summed E-state index contributed by atoms with van der Waals surface area (Å²) in [6.07, 6.45) is -1.72. The lowest BCUT2D eigenvalue weighted by atomic mass is 9.96. The van der Waals surface area contributed by atoms with E-state index in [1.165, 1.54) is 0 Å². The van der Waals surface area contributed by atoms with E-state index < -0.39 is 36.0 Å². The number of benzene rings is 1. The zero-order chi connectivity index (χ0) is 19.1. The van der Waals surface area contributed by atoms with Crippen LogP contribution in [0.1, 0.15) is 43.6 Å². The fraction of sp³-hybridized carbons (Fsp3) is 0.550. The van der Waals surface area contributed by atoms with Gasteiger partial charge in [0.15, 0.2) is 23.5 Å². The van der Waals surface area contributed by atoms with E-state index in [0.29, 0.717) is 5.56 Å². The van der Waals surface area contributed by atoms with Crippen LogP contribution in [0.2, 0.25) is 0 Å². The first-order chi connectivity index (χ1) is 12.1. The number of ether oxygens (including phenoxy) is 4. The van der Waals surface area contributed by atoms with Crippen molar-refractivity contribution in [3.63, 3.8) is 0 Å². The normalized spacial score (nSPS) is 30.9. The van der Waals surface area contributed by atoms with Gasteiger partial charge in [-0.1, -0.05) is 36.9 Å². The fourth-order valence-electron chi connectivity index (χ4n) is 3.28. The minimum absolute atomic E-state index is 0.226. The molecule has 1 aromatic rings. The zero-order valence-corrected chi connectivity index (χ0v) is 15.6. The molecule has 0 aromatic heterocycles. The molecule has 0 unspecified atom stereocenters. The van der Waals surface area contributed by atoms with Gasteiger partial charge in [-0.3, -0.25) is 4.79 Å². The number of hydrogen-bond donors (Lipinski definition) is 1. The Balaban J connectivity index is 1.81. The highest BCUT2D eigenvalue weighted by molar-refractivity contribution is 6.00. The molecule has 0 aliphatic carbocycles. The molecule has 142 valence electrons. The first kappa shape index (κ1) is 19.2. The Labute approximate surface area is 153 Å². The van der Waals surface area contributed by atoms with Gasteiger partial charge in [0.2, 0.25) is 0 Å². The number of aliphatic hydroxyl groups is 1. The number of rotatable bonds is 5. The summed E-state index contributed by atoms with van der Waals surface area (Å²) in [7, 11) is 0. The molecule has 0 saturated carbocycles. The van der Waals surface area contributed by atoms with Gasteiger partial charge in [-0.25, -0.2) is 0 Å². The van der Waals surface area contributed by atoms with Gasteiger partial charge in [0, 0.05) is 5.56 Å². The predicted octanol–water partition coefficient (Wildman–Crippen LogP) is 2.54. The summed E-state index contributed by atoms with van der Waals surface area (Å²) in [5.41, 5.74) is 1.41. The van der Waals surface area contributed by atoms with E-state index in [0.717, 1.165) is 5.56 Å². The predicted molar refractivity (Wildman–Crippen MR) is 95.6 cm³/mol. The Kier molecular flexibility index (Phi) is 5.07. The van der Waals surface area contributed by atoms with Crippen molar-refractivity contribution < 1.29 is 28.8 Å². The molecule has 1 aromatic carbocycles. The van der Waals surface area contributed by atoms with E-state index in [2.05, 4.69) is 6.58 Å². The molecule has 6 heteroatoms. The van der Waals surface area contributed by atoms with E-state index in [-0.39, 0.29) is 12.4 Å². The fourth-order valence-corrected chi connectivity index (χ4v) is 3.28. The van der Waals surface area contributed by atoms with Crippen LogP contribution in [0.3, 0.4) is 0 Å². The van der Waals surface area contributed by atoms with Gasteiger partial charge in [-0.05, 0) is 33.3 Å². The second-order valence-electron chi connectivity index (χ2n) is 7.57. The summed E-state index contributed by atoms with van der Waals surface area (Å²) in [4.78, 5) is 13.0. The highest BCUT2D eigenvalue weighted by Crippen LogP contribution is 2.35. The largest absolute Gasteiger partial charge is 0.387 e. The SMILES string of the molecule is C=Cc1ccc(C(=O)[C@@H]2OC(C)(C)O[C@H]2[C@H](O)[C@H]2COC(C)(C)O2)cc1. The summed E-state index contributed by atoms with van der Waals surface area (Å²) in [5, 5.41) is 10.8. The van der Waals surface area contributed by atoms with Gasteiger partial charge in [0.1, 0.15) is 18.3 Å². The van der Waals surface area contributed by atoms with Crippen molar-refractivity contribution in [1.29, 1.82) is 0 Å². The summed E-state index contributed by atoms with van der Waals surface area (Å²) in [6, 6.07) is 7.05. The molecule has 2 aliphatic rings. The minimum Gasteiger partial charge on any atom is -0.387 e. The quantitative estimate of drug-likeness (QED) is 0.812. The van der Waals surface area contributed by atoms with Crippen LogP contribution < -0.4 is 0 Å². The molecular formula is C20H26O6. The summed E-state index contributed by atoms with van der Waals surface area (Å²) in [5.74, 6) is -2.00. The van der Waals surface area contributed by atoms with Crippen LogP contribution in [0.4, 0.5) is 0 Å². The van der Waals surface area contributed by atoms with Crippen LogP contribution in [-0.2, 0) is 18.9 Å². The van der Waals surface area contributed by atoms with Crippen molar-refractivity contribution in [2.75, 3.05) is 6.61 Å². The Bertz CT molecular complexity index is 678. The Morgan fingerprint density at radius 3 is 2.35 bits per heavy atom. The molecule has 2 saturated heterocycles. The molecule has 2 heterocycles. The minimum atomic E-state index is -1.06. The van der Waals surface area contributed by atoms with Crippen LogP contribution in [0.25, 0.3) is 6.08 Å². The molecule has 0 radical (unpaired) electrons. The number of carbonyl (C=O) groups excluding carboxylic acids is 1. The summed E-state index contributed by atoms with van der Waals surface area (Å²) < 4.78 is 22.9. The highest BCUT2D eigenvalue weighted by atomic mass is 16.8. The van der Waals surface area contributed by atoms with Crippen molar-refractivity contribution in [1.82, 2.24) is 0 Å². The molecular weight excluding hydrogens is 336 g/mol. The number of aliphatic hydroxyl groups excluding tert-OH is 1. The molecule has 2 fully saturated rings. The van der Waals surface area contributed by atoms with Gasteiger partial charge >= 0.3 is 0 Å². The van der Waals surface area contributed by atoms with E-state index >= 15 is 0 Å². The lowest BCUT2D eigenvalue weighted by Crippen LogP contribution is -2.47. The number of carbonyl (C=O) groups is 1. The van der Waals surface area contributed by atoms with E-state index in [9.17, 15) is 9.90 Å². The maximum atomic E-state index is 13.0. The Hall–Kier alpha value is -1.57. The van der Waals surface area contributed by atoms with Crippen LogP contribution >= 0.6 is 0 Å². The molecule has 0 amide bonds. The standard InChI is InChI=1S/C20H26O6/c1-6-12-7-9-13(10-8-12)15(21)17-18(26-20(4,5)25-17)16(22)14-11-23-19(2,3)24-14/h6-10,14,16-18,22H,1,11H2,2-5H3/t14-,16-,17+,18+/m1/s1. The van der Waals surface area contributed by atoms with Crippen molar-refractivity contribution in [3.05, 3.63) is 42.0 Å². The van der Waals surface area contributed by atoms with Crippen LogP contribution in [0.15, 0.2) is 30.8 Å². The second-order valence-corrected chi connectivity index (χ2v) is 7.57. The number of ketones is 1. The number of hydrogen-bond acceptors (Lipinski definition) is 6. The average molecular weight is 362 g/mol. The average Bonchev–Trinajstić information content (AvgIpc) is 3.12. The topological polar surface area (TPSA) is 74.2 Å². The molecule has 1 N–H and O–H groups in total. The maximum absolute atomic E-state index is 13.0. The molecule has 3 rings (SSSR count). The maximum Gasteiger partial charge on any atom is 0.194 e. The smallest absolute Gasteiger partial charge is 0.194 e. The molecule has 26 heavy (non-hydrogen) atoms. The monoisotopic (exact) mass is 362 g/mol. The van der Waals surface area contributed by atoms with Crippen LogP contribution in [0, 0.1) is 0 Å². The van der Waals surface area contributed by atoms with Crippen molar-refractivity contribution >= 4 is 11.9 Å². The van der Waals surface area contributed by atoms with Gasteiger partial charge in [-0.2, -0.15) is 0 Å². The van der Waals surface area contributed by atoms with Gasteiger partial charge < -0.3 is 24.1 Å². The van der Waals surface area contributed by atoms with Crippen molar-refractivity contribution in [3.8, 4) is 0 Å². The van der Waals surface area contributed by atoms with E-state index in [1.807, 2.05) is 12.1 Å². The van der Waals surface area contributed by atoms with Gasteiger partial charge in [-0.15, -0.1) is 0 Å². The Morgan fingerprint density at radius 2 is 1.81 bits per heavy atom. The first-order valence-electron chi connectivity index (χ1n) is 8.74. The Morgan fingerprint density at radius 1 is 1.15 bits per heavy atom. The van der Waals surface area contributed by atoms with Crippen LogP contribution in [-0.4, -0.2) is 53.5 Å². The zero-order valence-electron chi connectivity index (χ0n) is 15.6. The third-order valence-corrected chi connectivity index (χ3v) is 4.57. The van der Waals surface area contributed by atoms with E-state index in [4.69, 9.17) is 18.9 Å². The molecule has 0 bridgehead atoms. The van der Waals surface area contributed by atoms with Crippen molar-refractivity contribution in [2.24, 2.45) is 0 Å². The third-order valence-electron chi connectivity index (χ3n) is 4.57. The lowest BCUT2D eigenvalue weighted by Gasteiger charge is -2.26. The summed E-state index contributed by atoms with van der Waals surface area (Å²) >= 11 is 0. The lowest BCUT2D eigenvalue weighted by molar-refractivity contribution is -0.178. The second kappa shape index (κ2) is 6.87. The highest BCUT2D eigenvalue weighted by Gasteiger charge is 2.52. The molecule has 6 nitrogen and oxygen atoms in total. The van der Waals surface area contributed by atoms with Crippen molar-refractivity contribution in [2.45, 2.75) is 63.7 Å². The molecule has 2 aliphatic heterocycles. The third kappa shape index (κ3) is 3.89. The van der Waals surface area contributed by atoms with Crippen LogP contribution in [0.5, 0.6) is 0 Å².